The topological polar surface area (TPSA) is 25.8 Å². The summed E-state index contributed by atoms with van der Waals surface area (Å²) in [6.45, 7) is 3.49. The Balaban J connectivity index is 2.47. The zero-order valence-electron chi connectivity index (χ0n) is 9.17. The molecular formula is C11H9F3N2S. The second-order valence-corrected chi connectivity index (χ2v) is 4.56. The minimum absolute atomic E-state index is 0.514. The summed E-state index contributed by atoms with van der Waals surface area (Å²) in [5.74, 6) is 0.549. The first-order chi connectivity index (χ1) is 7.88. The molecule has 2 heterocycles. The lowest BCUT2D eigenvalue weighted by molar-refractivity contribution is -0.137. The van der Waals surface area contributed by atoms with Gasteiger partial charge in [0.25, 0.3) is 0 Å². The van der Waals surface area contributed by atoms with Gasteiger partial charge in [-0.3, -0.25) is 0 Å². The Morgan fingerprint density at radius 2 is 1.94 bits per heavy atom. The van der Waals surface area contributed by atoms with Gasteiger partial charge < -0.3 is 0 Å². The van der Waals surface area contributed by atoms with Crippen LogP contribution in [0.25, 0.3) is 10.6 Å². The highest BCUT2D eigenvalue weighted by Crippen LogP contribution is 2.36. The molecule has 0 saturated heterocycles. The average Bonchev–Trinajstić information content (AvgIpc) is 2.70. The van der Waals surface area contributed by atoms with Gasteiger partial charge in [0.1, 0.15) is 5.82 Å². The Hall–Kier alpha value is -1.43. The molecule has 2 aromatic rings. The number of alkyl halides is 3. The van der Waals surface area contributed by atoms with Gasteiger partial charge in [-0.25, -0.2) is 9.97 Å². The van der Waals surface area contributed by atoms with E-state index in [2.05, 4.69) is 9.97 Å². The predicted molar refractivity (Wildman–Crippen MR) is 59.8 cm³/mol. The van der Waals surface area contributed by atoms with Gasteiger partial charge in [-0.05, 0) is 25.5 Å². The van der Waals surface area contributed by atoms with Gasteiger partial charge in [-0.15, -0.1) is 11.3 Å². The van der Waals surface area contributed by atoms with Crippen LogP contribution in [-0.2, 0) is 6.18 Å². The van der Waals surface area contributed by atoms with Crippen LogP contribution in [0.15, 0.2) is 17.6 Å². The molecule has 0 aliphatic carbocycles. The third kappa shape index (κ3) is 2.46. The fraction of sp³-hybridized carbons (Fsp3) is 0.273. The molecule has 6 heteroatoms. The molecule has 17 heavy (non-hydrogen) atoms. The van der Waals surface area contributed by atoms with Gasteiger partial charge in [0.15, 0.2) is 0 Å². The molecule has 0 aliphatic heterocycles. The molecule has 0 spiro atoms. The van der Waals surface area contributed by atoms with Crippen LogP contribution in [0.3, 0.4) is 0 Å². The number of aromatic nitrogens is 2. The number of hydrogen-bond donors (Lipinski definition) is 0. The van der Waals surface area contributed by atoms with Crippen molar-refractivity contribution in [3.63, 3.8) is 0 Å². The molecule has 2 aromatic heterocycles. The van der Waals surface area contributed by atoms with Crippen LogP contribution in [0.4, 0.5) is 13.2 Å². The standard InChI is InChI=1S/C11H9F3N2S/c1-6-4-15-7(2)16-10(6)9-3-8(5-17-9)11(12,13)14/h3-5H,1-2H3. The normalized spacial score (nSPS) is 11.8. The second kappa shape index (κ2) is 4.10. The summed E-state index contributed by atoms with van der Waals surface area (Å²) in [5.41, 5.74) is 0.706. The summed E-state index contributed by atoms with van der Waals surface area (Å²) >= 11 is 1.04. The van der Waals surface area contributed by atoms with Crippen LogP contribution >= 0.6 is 11.3 Å². The highest BCUT2D eigenvalue weighted by molar-refractivity contribution is 7.13. The van der Waals surface area contributed by atoms with Crippen molar-refractivity contribution in [2.24, 2.45) is 0 Å². The molecule has 0 atom stereocenters. The predicted octanol–water partition coefficient (Wildman–Crippen LogP) is 3.84. The largest absolute Gasteiger partial charge is 0.417 e. The maximum Gasteiger partial charge on any atom is 0.417 e. The van der Waals surface area contributed by atoms with Crippen molar-refractivity contribution in [1.82, 2.24) is 9.97 Å². The minimum atomic E-state index is -4.30. The summed E-state index contributed by atoms with van der Waals surface area (Å²) in [5, 5.41) is 1.10. The molecule has 0 aliphatic rings. The first kappa shape index (κ1) is 12.0. The Morgan fingerprint density at radius 1 is 1.24 bits per heavy atom. The zero-order valence-corrected chi connectivity index (χ0v) is 9.99. The van der Waals surface area contributed by atoms with Crippen molar-refractivity contribution in [2.75, 3.05) is 0 Å². The van der Waals surface area contributed by atoms with Crippen LogP contribution in [-0.4, -0.2) is 9.97 Å². The Kier molecular flexibility index (Phi) is 2.91. The van der Waals surface area contributed by atoms with E-state index < -0.39 is 11.7 Å². The van der Waals surface area contributed by atoms with E-state index in [1.807, 2.05) is 0 Å². The number of thiophene rings is 1. The van der Waals surface area contributed by atoms with Gasteiger partial charge in [-0.1, -0.05) is 0 Å². The summed E-state index contributed by atoms with van der Waals surface area (Å²) in [4.78, 5) is 8.68. The lowest BCUT2D eigenvalue weighted by Crippen LogP contribution is -2.02. The number of nitrogens with zero attached hydrogens (tertiary/aromatic N) is 2. The first-order valence-corrected chi connectivity index (χ1v) is 5.72. The van der Waals surface area contributed by atoms with E-state index in [9.17, 15) is 13.2 Å². The van der Waals surface area contributed by atoms with E-state index >= 15 is 0 Å². The van der Waals surface area contributed by atoms with E-state index in [0.29, 0.717) is 16.4 Å². The van der Waals surface area contributed by atoms with Gasteiger partial charge in [0.05, 0.1) is 16.1 Å². The van der Waals surface area contributed by atoms with E-state index in [-0.39, 0.29) is 0 Å². The monoisotopic (exact) mass is 258 g/mol. The maximum atomic E-state index is 12.5. The Labute approximate surface area is 100 Å². The molecule has 0 amide bonds. The van der Waals surface area contributed by atoms with E-state index in [4.69, 9.17) is 0 Å². The molecule has 0 radical (unpaired) electrons. The molecule has 0 fully saturated rings. The first-order valence-electron chi connectivity index (χ1n) is 4.84. The Bertz CT molecular complexity index is 546. The number of rotatable bonds is 1. The fourth-order valence-electron chi connectivity index (χ4n) is 1.39. The Morgan fingerprint density at radius 3 is 2.53 bits per heavy atom. The third-order valence-electron chi connectivity index (χ3n) is 2.25. The smallest absolute Gasteiger partial charge is 0.241 e. The molecule has 90 valence electrons. The molecule has 2 nitrogen and oxygen atoms in total. The third-order valence-corrected chi connectivity index (χ3v) is 3.19. The van der Waals surface area contributed by atoms with Crippen molar-refractivity contribution in [3.8, 4) is 10.6 Å². The second-order valence-electron chi connectivity index (χ2n) is 3.65. The quantitative estimate of drug-likeness (QED) is 0.776. The van der Waals surface area contributed by atoms with Crippen molar-refractivity contribution in [3.05, 3.63) is 34.6 Å². The van der Waals surface area contributed by atoms with Crippen LogP contribution in [0.2, 0.25) is 0 Å². The van der Waals surface area contributed by atoms with Gasteiger partial charge >= 0.3 is 6.18 Å². The van der Waals surface area contributed by atoms with E-state index in [1.54, 1.807) is 20.0 Å². The van der Waals surface area contributed by atoms with Gasteiger partial charge in [0, 0.05) is 11.6 Å². The summed E-state index contributed by atoms with van der Waals surface area (Å²) < 4.78 is 37.4. The highest BCUT2D eigenvalue weighted by Gasteiger charge is 2.32. The molecule has 0 N–H and O–H groups in total. The molecule has 2 rings (SSSR count). The van der Waals surface area contributed by atoms with Gasteiger partial charge in [-0.2, -0.15) is 13.2 Å². The van der Waals surface area contributed by atoms with Gasteiger partial charge in [0.2, 0.25) is 0 Å². The number of halogens is 3. The lowest BCUT2D eigenvalue weighted by Gasteiger charge is -2.03. The van der Waals surface area contributed by atoms with Crippen molar-refractivity contribution < 1.29 is 13.2 Å². The molecule has 0 bridgehead atoms. The number of hydrogen-bond acceptors (Lipinski definition) is 3. The average molecular weight is 258 g/mol. The van der Waals surface area contributed by atoms with Crippen LogP contribution in [0, 0.1) is 13.8 Å². The van der Waals surface area contributed by atoms with Crippen LogP contribution in [0.1, 0.15) is 17.0 Å². The van der Waals surface area contributed by atoms with E-state index in [1.165, 1.54) is 0 Å². The van der Waals surface area contributed by atoms with Crippen LogP contribution in [0.5, 0.6) is 0 Å². The van der Waals surface area contributed by atoms with Crippen molar-refractivity contribution >= 4 is 11.3 Å². The molecule has 0 aromatic carbocycles. The fourth-order valence-corrected chi connectivity index (χ4v) is 2.36. The maximum absolute atomic E-state index is 12.5. The highest BCUT2D eigenvalue weighted by atomic mass is 32.1. The molecular weight excluding hydrogens is 249 g/mol. The van der Waals surface area contributed by atoms with Crippen LogP contribution < -0.4 is 0 Å². The summed E-state index contributed by atoms with van der Waals surface area (Å²) in [6, 6.07) is 1.12. The SMILES string of the molecule is Cc1ncc(C)c(-c2cc(C(F)(F)F)cs2)n1. The molecule has 0 saturated carbocycles. The van der Waals surface area contributed by atoms with Crippen molar-refractivity contribution in [1.29, 1.82) is 0 Å². The minimum Gasteiger partial charge on any atom is -0.241 e. The summed E-state index contributed by atoms with van der Waals surface area (Å²) in [6.07, 6.45) is -2.69. The lowest BCUT2D eigenvalue weighted by atomic mass is 10.2. The number of aryl methyl sites for hydroxylation is 2. The summed E-state index contributed by atoms with van der Waals surface area (Å²) in [7, 11) is 0. The molecule has 0 unspecified atom stereocenters. The zero-order chi connectivity index (χ0) is 12.6. The van der Waals surface area contributed by atoms with E-state index in [0.717, 1.165) is 28.3 Å². The van der Waals surface area contributed by atoms with Crippen molar-refractivity contribution in [2.45, 2.75) is 20.0 Å².